The van der Waals surface area contributed by atoms with E-state index in [1.807, 2.05) is 18.7 Å². The van der Waals surface area contributed by atoms with Gasteiger partial charge in [-0.2, -0.15) is 5.10 Å². The standard InChI is InChI=1S/C9H14N4/c1-6-8(7(2)13(3)12-6)9-10-4-5-11-9/h4-5H2,1-3H3,(H,10,11). The smallest absolute Gasteiger partial charge is 0.132 e. The summed E-state index contributed by atoms with van der Waals surface area (Å²) in [5.74, 6) is 1.00. The summed E-state index contributed by atoms with van der Waals surface area (Å²) in [6.07, 6.45) is 0. The van der Waals surface area contributed by atoms with Gasteiger partial charge in [-0.3, -0.25) is 9.67 Å². The number of hydrogen-bond acceptors (Lipinski definition) is 3. The average Bonchev–Trinajstić information content (AvgIpc) is 2.63. The zero-order valence-electron chi connectivity index (χ0n) is 8.26. The molecule has 1 aliphatic heterocycles. The van der Waals surface area contributed by atoms with E-state index in [4.69, 9.17) is 0 Å². The Kier molecular flexibility index (Phi) is 1.83. The maximum Gasteiger partial charge on any atom is 0.132 e. The molecule has 0 saturated carbocycles. The van der Waals surface area contributed by atoms with Crippen LogP contribution in [-0.2, 0) is 7.05 Å². The third kappa shape index (κ3) is 1.22. The van der Waals surface area contributed by atoms with E-state index in [-0.39, 0.29) is 0 Å². The Morgan fingerprint density at radius 2 is 2.15 bits per heavy atom. The van der Waals surface area contributed by atoms with Crippen molar-refractivity contribution >= 4 is 5.84 Å². The van der Waals surface area contributed by atoms with Crippen LogP contribution in [0.4, 0.5) is 0 Å². The van der Waals surface area contributed by atoms with Gasteiger partial charge in [0.05, 0.1) is 17.8 Å². The topological polar surface area (TPSA) is 42.2 Å². The van der Waals surface area contributed by atoms with Crippen LogP contribution in [0, 0.1) is 13.8 Å². The van der Waals surface area contributed by atoms with Crippen LogP contribution < -0.4 is 5.32 Å². The number of nitrogens with one attached hydrogen (secondary N) is 1. The van der Waals surface area contributed by atoms with E-state index in [9.17, 15) is 0 Å². The number of amidine groups is 1. The molecule has 0 unspecified atom stereocenters. The van der Waals surface area contributed by atoms with Gasteiger partial charge < -0.3 is 5.32 Å². The summed E-state index contributed by atoms with van der Waals surface area (Å²) in [6.45, 7) is 5.91. The van der Waals surface area contributed by atoms with Crippen molar-refractivity contribution in [2.75, 3.05) is 13.1 Å². The molecule has 0 aromatic carbocycles. The third-order valence-electron chi connectivity index (χ3n) is 2.42. The monoisotopic (exact) mass is 178 g/mol. The number of aromatic nitrogens is 2. The number of aryl methyl sites for hydroxylation is 2. The molecule has 13 heavy (non-hydrogen) atoms. The third-order valence-corrected chi connectivity index (χ3v) is 2.42. The summed E-state index contributed by atoms with van der Waals surface area (Å²) in [7, 11) is 1.96. The Balaban J connectivity index is 2.49. The molecule has 70 valence electrons. The molecule has 2 heterocycles. The van der Waals surface area contributed by atoms with Gasteiger partial charge in [0.1, 0.15) is 5.84 Å². The zero-order chi connectivity index (χ0) is 9.42. The highest BCUT2D eigenvalue weighted by molar-refractivity contribution is 6.01. The molecule has 1 aliphatic rings. The molecule has 0 saturated heterocycles. The van der Waals surface area contributed by atoms with Crippen molar-refractivity contribution < 1.29 is 0 Å². The predicted molar refractivity (Wildman–Crippen MR) is 52.1 cm³/mol. The lowest BCUT2D eigenvalue weighted by molar-refractivity contribution is 0.731. The van der Waals surface area contributed by atoms with Gasteiger partial charge in [-0.1, -0.05) is 0 Å². The zero-order valence-corrected chi connectivity index (χ0v) is 8.26. The molecule has 1 aromatic heterocycles. The van der Waals surface area contributed by atoms with Gasteiger partial charge in [0, 0.05) is 19.3 Å². The van der Waals surface area contributed by atoms with Gasteiger partial charge in [0.15, 0.2) is 0 Å². The molecule has 0 radical (unpaired) electrons. The van der Waals surface area contributed by atoms with Crippen molar-refractivity contribution in [3.05, 3.63) is 17.0 Å². The summed E-state index contributed by atoms with van der Waals surface area (Å²) < 4.78 is 1.90. The molecular formula is C9H14N4. The second kappa shape index (κ2) is 2.87. The number of rotatable bonds is 1. The normalized spacial score (nSPS) is 15.8. The first-order chi connectivity index (χ1) is 6.20. The summed E-state index contributed by atoms with van der Waals surface area (Å²) in [5, 5.41) is 7.62. The summed E-state index contributed by atoms with van der Waals surface area (Å²) in [5.41, 5.74) is 3.39. The van der Waals surface area contributed by atoms with Crippen molar-refractivity contribution in [1.29, 1.82) is 0 Å². The van der Waals surface area contributed by atoms with Crippen LogP contribution in [-0.4, -0.2) is 28.7 Å². The average molecular weight is 178 g/mol. The molecule has 1 aromatic rings. The van der Waals surface area contributed by atoms with Crippen molar-refractivity contribution in [3.8, 4) is 0 Å². The molecule has 0 atom stereocenters. The molecule has 0 bridgehead atoms. The lowest BCUT2D eigenvalue weighted by Gasteiger charge is -2.01. The Labute approximate surface area is 77.7 Å². The van der Waals surface area contributed by atoms with Crippen LogP contribution in [0.15, 0.2) is 4.99 Å². The molecule has 0 spiro atoms. The highest BCUT2D eigenvalue weighted by Gasteiger charge is 2.16. The molecule has 0 amide bonds. The van der Waals surface area contributed by atoms with Crippen LogP contribution in [0.5, 0.6) is 0 Å². The predicted octanol–water partition coefficient (Wildman–Crippen LogP) is 0.387. The maximum absolute atomic E-state index is 4.39. The highest BCUT2D eigenvalue weighted by atomic mass is 15.3. The minimum atomic E-state index is 0.878. The van der Waals surface area contributed by atoms with Gasteiger partial charge >= 0.3 is 0 Å². The first-order valence-electron chi connectivity index (χ1n) is 4.49. The molecule has 0 aliphatic carbocycles. The van der Waals surface area contributed by atoms with E-state index in [0.29, 0.717) is 0 Å². The SMILES string of the molecule is Cc1nn(C)c(C)c1C1=NCCN1. The van der Waals surface area contributed by atoms with E-state index in [1.165, 1.54) is 11.3 Å². The molecule has 0 fully saturated rings. The second-order valence-corrected chi connectivity index (χ2v) is 3.33. The lowest BCUT2D eigenvalue weighted by atomic mass is 10.2. The van der Waals surface area contributed by atoms with E-state index in [0.717, 1.165) is 24.6 Å². The van der Waals surface area contributed by atoms with Crippen LogP contribution in [0.3, 0.4) is 0 Å². The molecule has 4 nitrogen and oxygen atoms in total. The van der Waals surface area contributed by atoms with Gasteiger partial charge in [-0.05, 0) is 13.8 Å². The van der Waals surface area contributed by atoms with E-state index < -0.39 is 0 Å². The minimum absolute atomic E-state index is 0.878. The van der Waals surface area contributed by atoms with Crippen LogP contribution >= 0.6 is 0 Å². The van der Waals surface area contributed by atoms with Gasteiger partial charge in [0.2, 0.25) is 0 Å². The van der Waals surface area contributed by atoms with Crippen molar-refractivity contribution in [3.63, 3.8) is 0 Å². The van der Waals surface area contributed by atoms with Crippen molar-refractivity contribution in [1.82, 2.24) is 15.1 Å². The van der Waals surface area contributed by atoms with Gasteiger partial charge in [-0.15, -0.1) is 0 Å². The largest absolute Gasteiger partial charge is 0.368 e. The molecule has 1 N–H and O–H groups in total. The Morgan fingerprint density at radius 1 is 1.38 bits per heavy atom. The van der Waals surface area contributed by atoms with Crippen molar-refractivity contribution in [2.45, 2.75) is 13.8 Å². The first kappa shape index (κ1) is 8.29. The van der Waals surface area contributed by atoms with E-state index in [1.54, 1.807) is 0 Å². The minimum Gasteiger partial charge on any atom is -0.368 e. The Bertz CT molecular complexity index is 362. The fourth-order valence-electron chi connectivity index (χ4n) is 1.68. The molecule has 4 heteroatoms. The lowest BCUT2D eigenvalue weighted by Crippen LogP contribution is -2.20. The van der Waals surface area contributed by atoms with Gasteiger partial charge in [-0.25, -0.2) is 0 Å². The van der Waals surface area contributed by atoms with E-state index >= 15 is 0 Å². The first-order valence-corrected chi connectivity index (χ1v) is 4.49. The highest BCUT2D eigenvalue weighted by Crippen LogP contribution is 2.13. The van der Waals surface area contributed by atoms with Gasteiger partial charge in [0.25, 0.3) is 0 Å². The van der Waals surface area contributed by atoms with E-state index in [2.05, 4.69) is 22.3 Å². The Hall–Kier alpha value is -1.32. The number of hydrogen-bond donors (Lipinski definition) is 1. The summed E-state index contributed by atoms with van der Waals surface area (Å²) >= 11 is 0. The van der Waals surface area contributed by atoms with Crippen LogP contribution in [0.25, 0.3) is 0 Å². The summed E-state index contributed by atoms with van der Waals surface area (Å²) in [4.78, 5) is 4.39. The number of aliphatic imine (C=N–C) groups is 1. The summed E-state index contributed by atoms with van der Waals surface area (Å²) in [6, 6.07) is 0. The van der Waals surface area contributed by atoms with Crippen molar-refractivity contribution in [2.24, 2.45) is 12.0 Å². The molecular weight excluding hydrogens is 164 g/mol. The Morgan fingerprint density at radius 3 is 2.62 bits per heavy atom. The maximum atomic E-state index is 4.39. The van der Waals surface area contributed by atoms with Crippen LogP contribution in [0.1, 0.15) is 17.0 Å². The molecule has 2 rings (SSSR count). The fourth-order valence-corrected chi connectivity index (χ4v) is 1.68. The fraction of sp³-hybridized carbons (Fsp3) is 0.556. The quantitative estimate of drug-likeness (QED) is 0.676. The second-order valence-electron chi connectivity index (χ2n) is 3.33. The number of nitrogens with zero attached hydrogens (tertiary/aromatic N) is 3. The van der Waals surface area contributed by atoms with Crippen LogP contribution in [0.2, 0.25) is 0 Å².